The Morgan fingerprint density at radius 3 is 1.77 bits per heavy atom. The molecular weight excluding hydrogens is 386 g/mol. The van der Waals surface area contributed by atoms with E-state index < -0.39 is 0 Å². The SMILES string of the molecule is O=C(C1CCCCCCCC1)N1CCCC1c1nnc(C2CCCCCCCCC2)o1. The second-order valence-corrected chi connectivity index (χ2v) is 10.3. The molecule has 1 saturated heterocycles. The van der Waals surface area contributed by atoms with Crippen molar-refractivity contribution in [2.75, 3.05) is 6.54 Å². The smallest absolute Gasteiger partial charge is 0.238 e. The first kappa shape index (κ1) is 22.8. The van der Waals surface area contributed by atoms with Crippen molar-refractivity contribution in [3.8, 4) is 0 Å². The molecule has 0 radical (unpaired) electrons. The van der Waals surface area contributed by atoms with Gasteiger partial charge in [0.25, 0.3) is 0 Å². The number of hydrogen-bond acceptors (Lipinski definition) is 4. The maximum atomic E-state index is 13.5. The molecule has 1 aromatic rings. The third-order valence-electron chi connectivity index (χ3n) is 7.94. The predicted molar refractivity (Wildman–Crippen MR) is 123 cm³/mol. The summed E-state index contributed by atoms with van der Waals surface area (Å²) in [6, 6.07) is 0.000844. The monoisotopic (exact) mass is 429 g/mol. The van der Waals surface area contributed by atoms with Crippen LogP contribution in [0.3, 0.4) is 0 Å². The predicted octanol–water partition coefficient (Wildman–Crippen LogP) is 7.09. The summed E-state index contributed by atoms with van der Waals surface area (Å²) in [5.41, 5.74) is 0. The Labute approximate surface area is 188 Å². The number of likely N-dealkylation sites (tertiary alicyclic amines) is 1. The van der Waals surface area contributed by atoms with Crippen molar-refractivity contribution in [2.24, 2.45) is 5.92 Å². The lowest BCUT2D eigenvalue weighted by Crippen LogP contribution is -2.36. The minimum absolute atomic E-state index is 0.000844. The second kappa shape index (κ2) is 12.0. The molecule has 4 rings (SSSR count). The molecule has 1 unspecified atom stereocenters. The van der Waals surface area contributed by atoms with Crippen LogP contribution in [0.1, 0.15) is 146 Å². The quantitative estimate of drug-likeness (QED) is 0.514. The fourth-order valence-corrected chi connectivity index (χ4v) is 6.00. The Morgan fingerprint density at radius 1 is 0.645 bits per heavy atom. The molecule has 5 heteroatoms. The summed E-state index contributed by atoms with van der Waals surface area (Å²) in [6.45, 7) is 0.848. The third kappa shape index (κ3) is 6.32. The highest BCUT2D eigenvalue weighted by Gasteiger charge is 2.37. The molecule has 0 N–H and O–H groups in total. The van der Waals surface area contributed by atoms with Gasteiger partial charge in [-0.05, 0) is 38.5 Å². The molecule has 3 aliphatic rings. The van der Waals surface area contributed by atoms with Crippen LogP contribution >= 0.6 is 0 Å². The molecule has 3 fully saturated rings. The molecule has 0 aromatic carbocycles. The summed E-state index contributed by atoms with van der Waals surface area (Å²) in [4.78, 5) is 15.6. The Balaban J connectivity index is 1.41. The third-order valence-corrected chi connectivity index (χ3v) is 7.94. The number of amides is 1. The van der Waals surface area contributed by atoms with Crippen LogP contribution in [0.15, 0.2) is 4.42 Å². The molecule has 174 valence electrons. The first-order chi connectivity index (χ1) is 15.3. The van der Waals surface area contributed by atoms with Gasteiger partial charge in [-0.15, -0.1) is 10.2 Å². The molecule has 0 bridgehead atoms. The molecule has 1 amide bonds. The second-order valence-electron chi connectivity index (χ2n) is 10.3. The van der Waals surface area contributed by atoms with E-state index in [0.29, 0.717) is 17.7 Å². The number of nitrogens with zero attached hydrogens (tertiary/aromatic N) is 3. The number of rotatable bonds is 3. The van der Waals surface area contributed by atoms with Crippen molar-refractivity contribution in [3.63, 3.8) is 0 Å². The number of aromatic nitrogens is 2. The van der Waals surface area contributed by atoms with Gasteiger partial charge in [0.1, 0.15) is 6.04 Å². The van der Waals surface area contributed by atoms with Crippen molar-refractivity contribution in [3.05, 3.63) is 11.8 Å². The number of carbonyl (C=O) groups is 1. The zero-order valence-electron chi connectivity index (χ0n) is 19.5. The van der Waals surface area contributed by atoms with Crippen molar-refractivity contribution in [1.29, 1.82) is 0 Å². The van der Waals surface area contributed by atoms with Crippen LogP contribution in [0.2, 0.25) is 0 Å². The summed E-state index contributed by atoms with van der Waals surface area (Å²) in [5.74, 6) is 2.47. The van der Waals surface area contributed by atoms with Gasteiger partial charge in [0.15, 0.2) is 0 Å². The number of hydrogen-bond donors (Lipinski definition) is 0. The first-order valence-corrected chi connectivity index (χ1v) is 13.5. The van der Waals surface area contributed by atoms with Gasteiger partial charge in [-0.25, -0.2) is 0 Å². The van der Waals surface area contributed by atoms with E-state index in [4.69, 9.17) is 4.42 Å². The van der Waals surface area contributed by atoms with E-state index in [1.54, 1.807) is 0 Å². The molecular formula is C26H43N3O2. The normalized spacial score (nSPS) is 26.2. The molecule has 2 aliphatic carbocycles. The van der Waals surface area contributed by atoms with E-state index in [0.717, 1.165) is 51.0 Å². The van der Waals surface area contributed by atoms with Gasteiger partial charge >= 0.3 is 0 Å². The van der Waals surface area contributed by atoms with Crippen LogP contribution < -0.4 is 0 Å². The highest BCUT2D eigenvalue weighted by atomic mass is 16.4. The van der Waals surface area contributed by atoms with Gasteiger partial charge in [0, 0.05) is 18.4 Å². The minimum atomic E-state index is 0.000844. The highest BCUT2D eigenvalue weighted by Crippen LogP contribution is 2.36. The van der Waals surface area contributed by atoms with E-state index in [1.165, 1.54) is 83.5 Å². The zero-order chi connectivity index (χ0) is 21.3. The molecule has 1 aliphatic heterocycles. The first-order valence-electron chi connectivity index (χ1n) is 13.5. The average molecular weight is 430 g/mol. The summed E-state index contributed by atoms with van der Waals surface area (Å²) < 4.78 is 6.29. The van der Waals surface area contributed by atoms with Crippen LogP contribution in [0, 0.1) is 5.92 Å². The van der Waals surface area contributed by atoms with E-state index >= 15 is 0 Å². The maximum Gasteiger partial charge on any atom is 0.238 e. The van der Waals surface area contributed by atoms with Crippen LogP contribution in [-0.2, 0) is 4.79 Å². The molecule has 5 nitrogen and oxygen atoms in total. The van der Waals surface area contributed by atoms with Gasteiger partial charge in [-0.1, -0.05) is 83.5 Å². The zero-order valence-corrected chi connectivity index (χ0v) is 19.5. The van der Waals surface area contributed by atoms with Crippen LogP contribution in [0.4, 0.5) is 0 Å². The summed E-state index contributed by atoms with van der Waals surface area (Å²) in [5, 5.41) is 8.99. The van der Waals surface area contributed by atoms with Crippen molar-refractivity contribution < 1.29 is 9.21 Å². The van der Waals surface area contributed by atoms with Crippen LogP contribution in [0.25, 0.3) is 0 Å². The van der Waals surface area contributed by atoms with Crippen molar-refractivity contribution in [1.82, 2.24) is 15.1 Å². The number of carbonyl (C=O) groups excluding carboxylic acids is 1. The minimum Gasteiger partial charge on any atom is -0.423 e. The fraction of sp³-hybridized carbons (Fsp3) is 0.885. The van der Waals surface area contributed by atoms with E-state index in [-0.39, 0.29) is 12.0 Å². The van der Waals surface area contributed by atoms with Crippen molar-refractivity contribution in [2.45, 2.75) is 134 Å². The summed E-state index contributed by atoms with van der Waals surface area (Å²) >= 11 is 0. The van der Waals surface area contributed by atoms with Gasteiger partial charge in [-0.3, -0.25) is 4.79 Å². The van der Waals surface area contributed by atoms with Gasteiger partial charge in [-0.2, -0.15) is 0 Å². The summed E-state index contributed by atoms with van der Waals surface area (Å²) in [6.07, 6.45) is 23.3. The molecule has 2 saturated carbocycles. The molecule has 2 heterocycles. The maximum absolute atomic E-state index is 13.5. The van der Waals surface area contributed by atoms with Crippen molar-refractivity contribution >= 4 is 5.91 Å². The van der Waals surface area contributed by atoms with Crippen LogP contribution in [0.5, 0.6) is 0 Å². The lowest BCUT2D eigenvalue weighted by Gasteiger charge is -2.27. The molecule has 1 atom stereocenters. The van der Waals surface area contributed by atoms with Gasteiger partial charge in [0.2, 0.25) is 17.7 Å². The van der Waals surface area contributed by atoms with Crippen LogP contribution in [-0.4, -0.2) is 27.5 Å². The fourth-order valence-electron chi connectivity index (χ4n) is 6.00. The van der Waals surface area contributed by atoms with E-state index in [9.17, 15) is 4.79 Å². The Bertz CT molecular complexity index is 653. The largest absolute Gasteiger partial charge is 0.423 e. The molecule has 0 spiro atoms. The summed E-state index contributed by atoms with van der Waals surface area (Å²) in [7, 11) is 0. The van der Waals surface area contributed by atoms with E-state index in [2.05, 4.69) is 15.1 Å². The van der Waals surface area contributed by atoms with E-state index in [1.807, 2.05) is 0 Å². The standard InChI is InChI=1S/C26H43N3O2/c30-26(22-17-12-8-4-5-9-13-18-22)29-20-14-19-23(29)25-28-27-24(31-25)21-15-10-6-2-1-3-7-11-16-21/h21-23H,1-20H2. The Kier molecular flexibility index (Phi) is 8.83. The lowest BCUT2D eigenvalue weighted by atomic mass is 9.92. The van der Waals surface area contributed by atoms with Gasteiger partial charge in [0.05, 0.1) is 0 Å². The molecule has 1 aromatic heterocycles. The Morgan fingerprint density at radius 2 is 1.16 bits per heavy atom. The average Bonchev–Trinajstić information content (AvgIpc) is 3.48. The molecule has 31 heavy (non-hydrogen) atoms. The highest BCUT2D eigenvalue weighted by molar-refractivity contribution is 5.79. The lowest BCUT2D eigenvalue weighted by molar-refractivity contribution is -0.137. The topological polar surface area (TPSA) is 59.2 Å². The Hall–Kier alpha value is -1.39. The van der Waals surface area contributed by atoms with Gasteiger partial charge < -0.3 is 9.32 Å².